The van der Waals surface area contributed by atoms with E-state index in [1.165, 1.54) is 154 Å². The van der Waals surface area contributed by atoms with Crippen molar-refractivity contribution in [2.75, 3.05) is 0 Å². The second-order valence-corrected chi connectivity index (χ2v) is 9.12. The molecule has 0 aliphatic rings. The van der Waals surface area contributed by atoms with Crippen LogP contribution in [0.2, 0.25) is 0 Å². The first-order chi connectivity index (χ1) is 13.9. The molecular weight excluding hydrogens is 336 g/mol. The van der Waals surface area contributed by atoms with E-state index >= 15 is 0 Å². The zero-order valence-electron chi connectivity index (χ0n) is 20.1. The minimum atomic E-state index is 1.26. The average Bonchev–Trinajstić information content (AvgIpc) is 2.71. The Morgan fingerprint density at radius 3 is 0.893 bits per heavy atom. The van der Waals surface area contributed by atoms with Gasteiger partial charge in [-0.05, 0) is 19.3 Å². The van der Waals surface area contributed by atoms with Gasteiger partial charge < -0.3 is 0 Å². The van der Waals surface area contributed by atoms with Crippen molar-refractivity contribution >= 4 is 0 Å². The van der Waals surface area contributed by atoms with Crippen LogP contribution in [0.5, 0.6) is 0 Å². The first-order valence-corrected chi connectivity index (χ1v) is 13.6. The van der Waals surface area contributed by atoms with Crippen LogP contribution in [-0.2, 0) is 0 Å². The fraction of sp³-hybridized carbons (Fsp3) is 0.929. The third-order valence-corrected chi connectivity index (χ3v) is 6.10. The van der Waals surface area contributed by atoms with E-state index in [2.05, 4.69) is 26.0 Å². The number of unbranched alkanes of at least 4 members (excludes halogenated alkanes) is 22. The van der Waals surface area contributed by atoms with E-state index in [0.29, 0.717) is 0 Å². The standard InChI is InChI=1S/C28H56/c1-3-5-7-9-11-13-15-17-19-21-23-25-27-28-26-24-22-20-18-16-14-12-10-8-6-4-2/h7,9H,3-6,8,10-28H2,1-2H3. The molecule has 0 nitrogen and oxygen atoms in total. The SMILES string of the molecule is CCCC=CCCCCCCCCCCCCCCCCCCCCCCC. The summed E-state index contributed by atoms with van der Waals surface area (Å²) in [6, 6.07) is 0. The van der Waals surface area contributed by atoms with Crippen molar-refractivity contribution in [2.45, 2.75) is 168 Å². The van der Waals surface area contributed by atoms with Crippen molar-refractivity contribution in [3.05, 3.63) is 12.2 Å². The van der Waals surface area contributed by atoms with Gasteiger partial charge in [-0.1, -0.05) is 161 Å². The number of allylic oxidation sites excluding steroid dienone is 2. The topological polar surface area (TPSA) is 0 Å². The van der Waals surface area contributed by atoms with Crippen LogP contribution in [0.15, 0.2) is 12.2 Å². The largest absolute Gasteiger partial charge is 0.0885 e. The molecule has 0 bridgehead atoms. The predicted molar refractivity (Wildman–Crippen MR) is 131 cm³/mol. The molecule has 0 radical (unpaired) electrons. The number of rotatable bonds is 24. The lowest BCUT2D eigenvalue weighted by Gasteiger charge is -2.04. The van der Waals surface area contributed by atoms with Crippen molar-refractivity contribution in [1.82, 2.24) is 0 Å². The maximum absolute atomic E-state index is 2.39. The lowest BCUT2D eigenvalue weighted by molar-refractivity contribution is 0.520. The van der Waals surface area contributed by atoms with Gasteiger partial charge in [-0.25, -0.2) is 0 Å². The molecular formula is C28H56. The van der Waals surface area contributed by atoms with Crippen LogP contribution >= 0.6 is 0 Å². The first-order valence-electron chi connectivity index (χ1n) is 13.6. The highest BCUT2D eigenvalue weighted by Gasteiger charge is 1.95. The highest BCUT2D eigenvalue weighted by atomic mass is 14.0. The van der Waals surface area contributed by atoms with Crippen molar-refractivity contribution in [3.63, 3.8) is 0 Å². The Morgan fingerprint density at radius 1 is 0.286 bits per heavy atom. The summed E-state index contributed by atoms with van der Waals surface area (Å²) in [5.41, 5.74) is 0. The van der Waals surface area contributed by atoms with Crippen molar-refractivity contribution in [2.24, 2.45) is 0 Å². The molecule has 0 aromatic heterocycles. The molecule has 28 heavy (non-hydrogen) atoms. The number of hydrogen-bond acceptors (Lipinski definition) is 0. The minimum Gasteiger partial charge on any atom is -0.0885 e. The van der Waals surface area contributed by atoms with E-state index in [1.807, 2.05) is 0 Å². The fourth-order valence-corrected chi connectivity index (χ4v) is 4.10. The summed E-state index contributed by atoms with van der Waals surface area (Å²) in [4.78, 5) is 0. The van der Waals surface area contributed by atoms with Gasteiger partial charge in [0.2, 0.25) is 0 Å². The quantitative estimate of drug-likeness (QED) is 0.113. The maximum Gasteiger partial charge on any atom is -0.0351 e. The van der Waals surface area contributed by atoms with Crippen LogP contribution in [0.1, 0.15) is 168 Å². The summed E-state index contributed by atoms with van der Waals surface area (Å²) in [7, 11) is 0. The van der Waals surface area contributed by atoms with E-state index in [4.69, 9.17) is 0 Å². The summed E-state index contributed by atoms with van der Waals surface area (Å²) in [6.45, 7) is 4.56. The van der Waals surface area contributed by atoms with Crippen LogP contribution in [0.4, 0.5) is 0 Å². The molecule has 0 amide bonds. The van der Waals surface area contributed by atoms with Gasteiger partial charge in [0.1, 0.15) is 0 Å². The van der Waals surface area contributed by atoms with Gasteiger partial charge in [0, 0.05) is 0 Å². The van der Waals surface area contributed by atoms with E-state index in [9.17, 15) is 0 Å². The zero-order chi connectivity index (χ0) is 20.4. The third-order valence-electron chi connectivity index (χ3n) is 6.10. The molecule has 0 aromatic rings. The molecule has 0 N–H and O–H groups in total. The zero-order valence-corrected chi connectivity index (χ0v) is 20.1. The second kappa shape index (κ2) is 26.7. The van der Waals surface area contributed by atoms with E-state index in [-0.39, 0.29) is 0 Å². The van der Waals surface area contributed by atoms with E-state index < -0.39 is 0 Å². The Labute approximate surface area is 180 Å². The molecule has 168 valence electrons. The van der Waals surface area contributed by atoms with E-state index in [0.717, 1.165) is 0 Å². The number of hydrogen-bond donors (Lipinski definition) is 0. The van der Waals surface area contributed by atoms with Gasteiger partial charge in [-0.15, -0.1) is 0 Å². The Morgan fingerprint density at radius 2 is 0.571 bits per heavy atom. The Kier molecular flexibility index (Phi) is 26.5. The highest BCUT2D eigenvalue weighted by Crippen LogP contribution is 2.15. The lowest BCUT2D eigenvalue weighted by Crippen LogP contribution is -1.84. The third kappa shape index (κ3) is 25.7. The lowest BCUT2D eigenvalue weighted by atomic mass is 10.0. The van der Waals surface area contributed by atoms with Crippen LogP contribution < -0.4 is 0 Å². The van der Waals surface area contributed by atoms with Gasteiger partial charge in [0.05, 0.1) is 0 Å². The Bertz CT molecular complexity index is 278. The van der Waals surface area contributed by atoms with Crippen molar-refractivity contribution < 1.29 is 0 Å². The van der Waals surface area contributed by atoms with Gasteiger partial charge in [0.15, 0.2) is 0 Å². The molecule has 0 aliphatic heterocycles. The molecule has 0 saturated heterocycles. The average molecular weight is 393 g/mol. The van der Waals surface area contributed by atoms with Gasteiger partial charge in [-0.2, -0.15) is 0 Å². The summed E-state index contributed by atoms with van der Waals surface area (Å²) in [5, 5.41) is 0. The van der Waals surface area contributed by atoms with Crippen LogP contribution in [-0.4, -0.2) is 0 Å². The normalized spacial score (nSPS) is 11.6. The van der Waals surface area contributed by atoms with E-state index in [1.54, 1.807) is 0 Å². The predicted octanol–water partition coefficient (Wildman–Crippen LogP) is 10.9. The van der Waals surface area contributed by atoms with Crippen molar-refractivity contribution in [1.29, 1.82) is 0 Å². The smallest absolute Gasteiger partial charge is 0.0351 e. The highest BCUT2D eigenvalue weighted by molar-refractivity contribution is 4.80. The summed E-state index contributed by atoms with van der Waals surface area (Å²) >= 11 is 0. The molecule has 0 unspecified atom stereocenters. The molecule has 0 saturated carbocycles. The minimum absolute atomic E-state index is 1.26. The van der Waals surface area contributed by atoms with Crippen molar-refractivity contribution in [3.8, 4) is 0 Å². The Balaban J connectivity index is 2.99. The van der Waals surface area contributed by atoms with Crippen LogP contribution in [0.25, 0.3) is 0 Å². The molecule has 0 spiro atoms. The summed E-state index contributed by atoms with van der Waals surface area (Å²) in [6.07, 6.45) is 39.4. The molecule has 0 atom stereocenters. The molecule has 0 heterocycles. The molecule has 0 rings (SSSR count). The monoisotopic (exact) mass is 392 g/mol. The maximum atomic E-state index is 2.39. The van der Waals surface area contributed by atoms with Crippen LogP contribution in [0.3, 0.4) is 0 Å². The summed E-state index contributed by atoms with van der Waals surface area (Å²) < 4.78 is 0. The molecule has 0 heteroatoms. The van der Waals surface area contributed by atoms with Gasteiger partial charge >= 0.3 is 0 Å². The molecule has 0 aliphatic carbocycles. The van der Waals surface area contributed by atoms with Crippen LogP contribution in [0, 0.1) is 0 Å². The Hall–Kier alpha value is -0.260. The fourth-order valence-electron chi connectivity index (χ4n) is 4.10. The van der Waals surface area contributed by atoms with Gasteiger partial charge in [-0.3, -0.25) is 0 Å². The van der Waals surface area contributed by atoms with Gasteiger partial charge in [0.25, 0.3) is 0 Å². The molecule has 0 fully saturated rings. The summed E-state index contributed by atoms with van der Waals surface area (Å²) in [5.74, 6) is 0. The second-order valence-electron chi connectivity index (χ2n) is 9.12. The molecule has 0 aromatic carbocycles. The first kappa shape index (κ1) is 27.7.